The fourth-order valence-corrected chi connectivity index (χ4v) is 4.26. The maximum absolute atomic E-state index is 4.67. The van der Waals surface area contributed by atoms with Crippen molar-refractivity contribution >= 4 is 29.9 Å². The van der Waals surface area contributed by atoms with Crippen LogP contribution in [0.2, 0.25) is 0 Å². The summed E-state index contributed by atoms with van der Waals surface area (Å²) in [7, 11) is 1.88. The molecule has 1 N–H and O–H groups in total. The molecule has 2 fully saturated rings. The number of nitrogens with one attached hydrogen (secondary N) is 1. The number of aliphatic imine (C=N–C) groups is 1. The van der Waals surface area contributed by atoms with Crippen LogP contribution >= 0.6 is 24.0 Å². The van der Waals surface area contributed by atoms with Crippen molar-refractivity contribution in [3.8, 4) is 5.69 Å². The number of benzene rings is 1. The first-order valence-electron chi connectivity index (χ1n) is 9.39. The van der Waals surface area contributed by atoms with Crippen molar-refractivity contribution in [3.05, 3.63) is 48.3 Å². The van der Waals surface area contributed by atoms with Gasteiger partial charge in [-0.15, -0.1) is 24.0 Å². The normalized spacial score (nSPS) is 22.7. The highest BCUT2D eigenvalue weighted by Gasteiger charge is 2.35. The molecule has 140 valence electrons. The number of para-hydroxylation sites is 1. The van der Waals surface area contributed by atoms with Crippen LogP contribution in [0.3, 0.4) is 0 Å². The van der Waals surface area contributed by atoms with E-state index in [-0.39, 0.29) is 24.0 Å². The molecule has 1 saturated heterocycles. The van der Waals surface area contributed by atoms with Gasteiger partial charge in [0.05, 0.1) is 17.9 Å². The third-order valence-electron chi connectivity index (χ3n) is 5.58. The first-order valence-corrected chi connectivity index (χ1v) is 9.39. The lowest BCUT2D eigenvalue weighted by Gasteiger charge is -2.22. The predicted molar refractivity (Wildman–Crippen MR) is 116 cm³/mol. The number of hydrogen-bond donors (Lipinski definition) is 1. The van der Waals surface area contributed by atoms with E-state index in [4.69, 9.17) is 0 Å². The molecule has 0 spiro atoms. The maximum atomic E-state index is 4.67. The van der Waals surface area contributed by atoms with Crippen molar-refractivity contribution in [2.75, 3.05) is 20.1 Å². The summed E-state index contributed by atoms with van der Waals surface area (Å²) >= 11 is 0. The molecule has 1 saturated carbocycles. The monoisotopic (exact) mass is 465 g/mol. The number of halogens is 1. The van der Waals surface area contributed by atoms with Crippen LogP contribution in [0.1, 0.15) is 31.4 Å². The number of likely N-dealkylation sites (tertiary alicyclic amines) is 1. The van der Waals surface area contributed by atoms with E-state index in [2.05, 4.69) is 38.5 Å². The van der Waals surface area contributed by atoms with Crippen LogP contribution in [-0.2, 0) is 6.54 Å². The molecule has 5 nitrogen and oxygen atoms in total. The minimum absolute atomic E-state index is 0. The van der Waals surface area contributed by atoms with Crippen LogP contribution in [0, 0.1) is 11.8 Å². The molecule has 6 heteroatoms. The molecule has 1 aliphatic carbocycles. The van der Waals surface area contributed by atoms with Gasteiger partial charge in [0.15, 0.2) is 5.96 Å². The molecule has 4 rings (SSSR count). The van der Waals surface area contributed by atoms with Gasteiger partial charge >= 0.3 is 0 Å². The van der Waals surface area contributed by atoms with Crippen LogP contribution in [0.4, 0.5) is 0 Å². The Labute approximate surface area is 172 Å². The minimum Gasteiger partial charge on any atom is -0.351 e. The Hall–Kier alpha value is -1.57. The third-order valence-corrected chi connectivity index (χ3v) is 5.58. The maximum Gasteiger partial charge on any atom is 0.193 e. The number of rotatable bonds is 3. The van der Waals surface area contributed by atoms with Gasteiger partial charge < -0.3 is 10.2 Å². The number of nitrogens with zero attached hydrogens (tertiary/aromatic N) is 4. The van der Waals surface area contributed by atoms with Gasteiger partial charge in [0.25, 0.3) is 0 Å². The number of hydrogen-bond acceptors (Lipinski definition) is 2. The molecule has 0 bridgehead atoms. The second kappa shape index (κ2) is 8.88. The van der Waals surface area contributed by atoms with Crippen molar-refractivity contribution in [1.82, 2.24) is 20.0 Å². The molecule has 2 aromatic rings. The van der Waals surface area contributed by atoms with Gasteiger partial charge in [0.2, 0.25) is 0 Å². The van der Waals surface area contributed by atoms with Crippen molar-refractivity contribution in [2.24, 2.45) is 16.8 Å². The summed E-state index contributed by atoms with van der Waals surface area (Å²) in [5, 5.41) is 8.17. The van der Waals surface area contributed by atoms with E-state index in [1.54, 1.807) is 0 Å². The van der Waals surface area contributed by atoms with E-state index in [1.807, 2.05) is 36.1 Å². The lowest BCUT2D eigenvalue weighted by atomic mass is 9.82. The molecule has 1 aliphatic heterocycles. The first-order chi connectivity index (χ1) is 12.3. The zero-order valence-corrected chi connectivity index (χ0v) is 17.7. The molecule has 0 amide bonds. The molecule has 2 atom stereocenters. The lowest BCUT2D eigenvalue weighted by molar-refractivity contribution is 0.299. The van der Waals surface area contributed by atoms with Crippen LogP contribution in [0.5, 0.6) is 0 Å². The zero-order valence-electron chi connectivity index (χ0n) is 15.3. The fraction of sp³-hybridized carbons (Fsp3) is 0.500. The third kappa shape index (κ3) is 4.22. The van der Waals surface area contributed by atoms with E-state index in [0.717, 1.165) is 42.3 Å². The van der Waals surface area contributed by atoms with Crippen molar-refractivity contribution in [2.45, 2.75) is 32.2 Å². The highest BCUT2D eigenvalue weighted by molar-refractivity contribution is 14.0. The number of aromatic nitrogens is 2. The van der Waals surface area contributed by atoms with Crippen LogP contribution < -0.4 is 5.32 Å². The van der Waals surface area contributed by atoms with Gasteiger partial charge in [-0.25, -0.2) is 4.68 Å². The van der Waals surface area contributed by atoms with Gasteiger partial charge in [-0.2, -0.15) is 5.10 Å². The van der Waals surface area contributed by atoms with Crippen LogP contribution in [0.15, 0.2) is 47.6 Å². The van der Waals surface area contributed by atoms with E-state index in [9.17, 15) is 0 Å². The molecule has 2 unspecified atom stereocenters. The highest BCUT2D eigenvalue weighted by atomic mass is 127. The molecular weight excluding hydrogens is 437 g/mol. The summed E-state index contributed by atoms with van der Waals surface area (Å²) in [6.07, 6.45) is 7.59. The second-order valence-electron chi connectivity index (χ2n) is 7.20. The Morgan fingerprint density at radius 3 is 2.46 bits per heavy atom. The summed E-state index contributed by atoms with van der Waals surface area (Å²) in [4.78, 5) is 6.94. The second-order valence-corrected chi connectivity index (χ2v) is 7.20. The van der Waals surface area contributed by atoms with Gasteiger partial charge in [-0.1, -0.05) is 31.0 Å². The summed E-state index contributed by atoms with van der Waals surface area (Å²) in [5.41, 5.74) is 2.11. The Kier molecular flexibility index (Phi) is 6.56. The SMILES string of the molecule is CN=C(NCc1ccn(-c2ccccc2)n1)N1CC2CCCCC2C1.I. The average Bonchev–Trinajstić information content (AvgIpc) is 3.30. The minimum atomic E-state index is 0. The topological polar surface area (TPSA) is 45.5 Å². The zero-order chi connectivity index (χ0) is 17.1. The van der Waals surface area contributed by atoms with Gasteiger partial charge in [-0.3, -0.25) is 4.99 Å². The van der Waals surface area contributed by atoms with E-state index in [1.165, 1.54) is 25.7 Å². The summed E-state index contributed by atoms with van der Waals surface area (Å²) in [6, 6.07) is 12.3. The first kappa shape index (κ1) is 19.2. The van der Waals surface area contributed by atoms with E-state index in [0.29, 0.717) is 6.54 Å². The molecule has 1 aromatic carbocycles. The molecular formula is C20H28IN5. The quantitative estimate of drug-likeness (QED) is 0.428. The molecule has 2 aliphatic rings. The van der Waals surface area contributed by atoms with Gasteiger partial charge in [0, 0.05) is 26.3 Å². The summed E-state index contributed by atoms with van der Waals surface area (Å²) in [5.74, 6) is 2.75. The predicted octanol–water partition coefficient (Wildman–Crippen LogP) is 3.69. The van der Waals surface area contributed by atoms with Gasteiger partial charge in [0.1, 0.15) is 0 Å². The molecule has 26 heavy (non-hydrogen) atoms. The average molecular weight is 465 g/mol. The Bertz CT molecular complexity index is 713. The lowest BCUT2D eigenvalue weighted by Crippen LogP contribution is -2.40. The van der Waals surface area contributed by atoms with Crippen LogP contribution in [0.25, 0.3) is 5.69 Å². The highest BCUT2D eigenvalue weighted by Crippen LogP contribution is 2.35. The fourth-order valence-electron chi connectivity index (χ4n) is 4.26. The summed E-state index contributed by atoms with van der Waals surface area (Å²) < 4.78 is 1.92. The smallest absolute Gasteiger partial charge is 0.193 e. The molecule has 1 aromatic heterocycles. The standard InChI is InChI=1S/C20H27N5.HI/c1-21-20(24-14-16-7-5-6-8-17(16)15-24)22-13-18-11-12-25(23-18)19-9-3-2-4-10-19;/h2-4,9-12,16-17H,5-8,13-15H2,1H3,(H,21,22);1H. The summed E-state index contributed by atoms with van der Waals surface area (Å²) in [6.45, 7) is 3.02. The molecule has 2 heterocycles. The van der Waals surface area contributed by atoms with Crippen molar-refractivity contribution in [3.63, 3.8) is 0 Å². The molecule has 0 radical (unpaired) electrons. The largest absolute Gasteiger partial charge is 0.351 e. The Balaban J connectivity index is 0.00000196. The van der Waals surface area contributed by atoms with E-state index >= 15 is 0 Å². The Morgan fingerprint density at radius 2 is 1.81 bits per heavy atom. The van der Waals surface area contributed by atoms with E-state index < -0.39 is 0 Å². The van der Waals surface area contributed by atoms with Crippen molar-refractivity contribution in [1.29, 1.82) is 0 Å². The van der Waals surface area contributed by atoms with Crippen LogP contribution in [-0.4, -0.2) is 40.8 Å². The Morgan fingerprint density at radius 1 is 1.12 bits per heavy atom. The van der Waals surface area contributed by atoms with Gasteiger partial charge in [-0.05, 0) is 42.9 Å². The number of fused-ring (bicyclic) bond motifs is 1. The number of guanidine groups is 1. The van der Waals surface area contributed by atoms with Crippen molar-refractivity contribution < 1.29 is 0 Å².